The molecule has 0 saturated carbocycles. The van der Waals surface area contributed by atoms with E-state index in [1.54, 1.807) is 0 Å². The van der Waals surface area contributed by atoms with E-state index in [1.807, 2.05) is 0 Å². The normalized spacial score (nSPS) is 30.1. The molecule has 20 heavy (non-hydrogen) atoms. The van der Waals surface area contributed by atoms with Crippen molar-refractivity contribution >= 4 is 0 Å². The van der Waals surface area contributed by atoms with E-state index in [-0.39, 0.29) is 0 Å². The van der Waals surface area contributed by atoms with E-state index in [4.69, 9.17) is 0 Å². The highest BCUT2D eigenvalue weighted by Gasteiger charge is 2.32. The van der Waals surface area contributed by atoms with E-state index in [1.165, 1.54) is 64.7 Å². The highest BCUT2D eigenvalue weighted by atomic mass is 15.3. The van der Waals surface area contributed by atoms with Gasteiger partial charge in [-0.2, -0.15) is 0 Å². The molecule has 2 aliphatic rings. The van der Waals surface area contributed by atoms with Gasteiger partial charge in [-0.3, -0.25) is 9.80 Å². The zero-order valence-corrected chi connectivity index (χ0v) is 13.9. The highest BCUT2D eigenvalue weighted by Crippen LogP contribution is 2.24. The van der Waals surface area contributed by atoms with Gasteiger partial charge in [0.15, 0.2) is 0 Å². The Bertz CT molecular complexity index is 269. The van der Waals surface area contributed by atoms with Crippen molar-refractivity contribution in [3.63, 3.8) is 0 Å². The minimum Gasteiger partial charge on any atom is -0.314 e. The number of hydrogen-bond acceptors (Lipinski definition) is 3. The van der Waals surface area contributed by atoms with Crippen LogP contribution in [0.2, 0.25) is 0 Å². The van der Waals surface area contributed by atoms with E-state index in [0.717, 1.165) is 18.6 Å². The lowest BCUT2D eigenvalue weighted by Crippen LogP contribution is -2.58. The Morgan fingerprint density at radius 1 is 1.25 bits per heavy atom. The van der Waals surface area contributed by atoms with Crippen LogP contribution in [-0.2, 0) is 0 Å². The second-order valence-electron chi connectivity index (χ2n) is 6.99. The molecule has 0 aromatic carbocycles. The molecule has 3 unspecified atom stereocenters. The van der Waals surface area contributed by atoms with Gasteiger partial charge in [0.05, 0.1) is 0 Å². The quantitative estimate of drug-likeness (QED) is 0.774. The third kappa shape index (κ3) is 4.71. The van der Waals surface area contributed by atoms with Crippen LogP contribution in [0.4, 0.5) is 0 Å². The molecular weight excluding hydrogens is 246 g/mol. The summed E-state index contributed by atoms with van der Waals surface area (Å²) in [4.78, 5) is 5.50. The summed E-state index contributed by atoms with van der Waals surface area (Å²) < 4.78 is 0. The van der Waals surface area contributed by atoms with Crippen molar-refractivity contribution in [2.24, 2.45) is 0 Å². The molecule has 3 atom stereocenters. The smallest absolute Gasteiger partial charge is 0.0223 e. The van der Waals surface area contributed by atoms with Crippen LogP contribution in [0.15, 0.2) is 0 Å². The summed E-state index contributed by atoms with van der Waals surface area (Å²) >= 11 is 0. The topological polar surface area (TPSA) is 18.5 Å². The van der Waals surface area contributed by atoms with Gasteiger partial charge in [0.2, 0.25) is 0 Å². The number of piperazine rings is 1. The van der Waals surface area contributed by atoms with Gasteiger partial charge in [-0.1, -0.05) is 13.3 Å². The summed E-state index contributed by atoms with van der Waals surface area (Å²) in [5, 5.41) is 3.60. The number of hydrogen-bond donors (Lipinski definition) is 1. The average Bonchev–Trinajstić information content (AvgIpc) is 2.45. The Labute approximate surface area is 126 Å². The fourth-order valence-corrected chi connectivity index (χ4v) is 3.82. The molecule has 118 valence electrons. The Morgan fingerprint density at radius 3 is 2.90 bits per heavy atom. The molecule has 1 N–H and O–H groups in total. The van der Waals surface area contributed by atoms with Gasteiger partial charge in [-0.05, 0) is 65.6 Å². The maximum atomic E-state index is 3.60. The minimum atomic E-state index is 0.682. The number of rotatable bonds is 7. The van der Waals surface area contributed by atoms with Crippen molar-refractivity contribution in [3.8, 4) is 0 Å². The summed E-state index contributed by atoms with van der Waals surface area (Å²) in [5.41, 5.74) is 0. The van der Waals surface area contributed by atoms with Crippen LogP contribution in [0, 0.1) is 0 Å². The SMILES string of the molecule is CCCNC(C)CCCN1CC2CCCCN2CC1C. The molecule has 0 aromatic heterocycles. The zero-order valence-electron chi connectivity index (χ0n) is 13.9. The summed E-state index contributed by atoms with van der Waals surface area (Å²) in [6.45, 7) is 13.4. The van der Waals surface area contributed by atoms with Crippen LogP contribution in [0.25, 0.3) is 0 Å². The molecular formula is C17H35N3. The van der Waals surface area contributed by atoms with Gasteiger partial charge in [0.25, 0.3) is 0 Å². The molecule has 2 heterocycles. The molecule has 0 aliphatic carbocycles. The molecule has 0 aromatic rings. The van der Waals surface area contributed by atoms with Gasteiger partial charge in [0.1, 0.15) is 0 Å². The van der Waals surface area contributed by atoms with Gasteiger partial charge in [0, 0.05) is 31.2 Å². The lowest BCUT2D eigenvalue weighted by molar-refractivity contribution is 0.0144. The number of piperidine rings is 1. The fraction of sp³-hybridized carbons (Fsp3) is 1.00. The Balaban J connectivity index is 1.67. The van der Waals surface area contributed by atoms with Crippen molar-refractivity contribution < 1.29 is 0 Å². The van der Waals surface area contributed by atoms with Crippen molar-refractivity contribution in [1.29, 1.82) is 0 Å². The van der Waals surface area contributed by atoms with Crippen LogP contribution in [-0.4, -0.2) is 60.6 Å². The molecule has 0 bridgehead atoms. The van der Waals surface area contributed by atoms with E-state index in [9.17, 15) is 0 Å². The van der Waals surface area contributed by atoms with E-state index in [0.29, 0.717) is 6.04 Å². The molecule has 2 saturated heterocycles. The van der Waals surface area contributed by atoms with E-state index >= 15 is 0 Å². The van der Waals surface area contributed by atoms with Crippen LogP contribution in [0.1, 0.15) is 59.3 Å². The van der Waals surface area contributed by atoms with Crippen LogP contribution < -0.4 is 5.32 Å². The summed E-state index contributed by atoms with van der Waals surface area (Å²) in [5.74, 6) is 0. The fourth-order valence-electron chi connectivity index (χ4n) is 3.82. The maximum absolute atomic E-state index is 3.60. The number of nitrogens with one attached hydrogen (secondary N) is 1. The maximum Gasteiger partial charge on any atom is 0.0223 e. The van der Waals surface area contributed by atoms with Crippen molar-refractivity contribution in [2.75, 3.05) is 32.7 Å². The molecule has 2 rings (SSSR count). The van der Waals surface area contributed by atoms with E-state index in [2.05, 4.69) is 35.9 Å². The van der Waals surface area contributed by atoms with Gasteiger partial charge in [-0.25, -0.2) is 0 Å². The first-order valence-electron chi connectivity index (χ1n) is 8.92. The predicted molar refractivity (Wildman–Crippen MR) is 87.2 cm³/mol. The average molecular weight is 281 g/mol. The largest absolute Gasteiger partial charge is 0.314 e. The molecule has 3 nitrogen and oxygen atoms in total. The van der Waals surface area contributed by atoms with Gasteiger partial charge >= 0.3 is 0 Å². The zero-order chi connectivity index (χ0) is 14.4. The molecule has 0 radical (unpaired) electrons. The first-order valence-corrected chi connectivity index (χ1v) is 8.92. The van der Waals surface area contributed by atoms with Crippen molar-refractivity contribution in [1.82, 2.24) is 15.1 Å². The number of nitrogens with zero attached hydrogens (tertiary/aromatic N) is 2. The summed E-state index contributed by atoms with van der Waals surface area (Å²) in [6.07, 6.45) is 8.19. The highest BCUT2D eigenvalue weighted by molar-refractivity contribution is 4.89. The van der Waals surface area contributed by atoms with Crippen molar-refractivity contribution in [3.05, 3.63) is 0 Å². The predicted octanol–water partition coefficient (Wildman–Crippen LogP) is 2.71. The molecule has 0 amide bonds. The standard InChI is InChI=1S/C17H35N3/c1-4-10-18-15(2)8-7-12-19-14-17-9-5-6-11-20(17)13-16(19)3/h15-18H,4-14H2,1-3H3. The van der Waals surface area contributed by atoms with Crippen LogP contribution in [0.3, 0.4) is 0 Å². The monoisotopic (exact) mass is 281 g/mol. The Morgan fingerprint density at radius 2 is 2.10 bits per heavy atom. The van der Waals surface area contributed by atoms with Gasteiger partial charge < -0.3 is 5.32 Å². The van der Waals surface area contributed by atoms with Crippen LogP contribution in [0.5, 0.6) is 0 Å². The van der Waals surface area contributed by atoms with E-state index < -0.39 is 0 Å². The second-order valence-corrected chi connectivity index (χ2v) is 6.99. The van der Waals surface area contributed by atoms with Gasteiger partial charge in [-0.15, -0.1) is 0 Å². The van der Waals surface area contributed by atoms with Crippen molar-refractivity contribution in [2.45, 2.75) is 77.4 Å². The summed E-state index contributed by atoms with van der Waals surface area (Å²) in [7, 11) is 0. The third-order valence-electron chi connectivity index (χ3n) is 5.14. The Kier molecular flexibility index (Phi) is 6.79. The molecule has 2 fully saturated rings. The molecule has 0 spiro atoms. The summed E-state index contributed by atoms with van der Waals surface area (Å²) in [6, 6.07) is 2.29. The minimum absolute atomic E-state index is 0.682. The third-order valence-corrected chi connectivity index (χ3v) is 5.14. The first kappa shape index (κ1) is 16.3. The lowest BCUT2D eigenvalue weighted by atomic mass is 9.97. The molecule has 2 aliphatic heterocycles. The first-order chi connectivity index (χ1) is 9.70. The van der Waals surface area contributed by atoms with Crippen LogP contribution >= 0.6 is 0 Å². The molecule has 3 heteroatoms. The second kappa shape index (κ2) is 8.35. The Hall–Kier alpha value is -0.120. The lowest BCUT2D eigenvalue weighted by Gasteiger charge is -2.47. The number of fused-ring (bicyclic) bond motifs is 1.